The molecule has 0 saturated heterocycles. The fourth-order valence-corrected chi connectivity index (χ4v) is 2.92. The van der Waals surface area contributed by atoms with Gasteiger partial charge in [0.1, 0.15) is 5.82 Å². The van der Waals surface area contributed by atoms with Crippen molar-refractivity contribution in [1.82, 2.24) is 5.32 Å². The van der Waals surface area contributed by atoms with Crippen LogP contribution in [-0.4, -0.2) is 11.2 Å². The monoisotopic (exact) mass is 317 g/mol. The van der Waals surface area contributed by atoms with Crippen LogP contribution in [0.2, 0.25) is 0 Å². The summed E-state index contributed by atoms with van der Waals surface area (Å²) in [5.41, 5.74) is 2.09. The molecule has 0 aliphatic rings. The number of carbonyl (C=O) groups is 1. The molecular formula is C18H20FNOS. The minimum Gasteiger partial charge on any atom is -0.349 e. The van der Waals surface area contributed by atoms with Gasteiger partial charge in [0, 0.05) is 4.90 Å². The van der Waals surface area contributed by atoms with Crippen molar-refractivity contribution in [2.75, 3.05) is 0 Å². The molecule has 0 aliphatic heterocycles. The molecule has 0 heterocycles. The second-order valence-electron chi connectivity index (χ2n) is 5.35. The van der Waals surface area contributed by atoms with E-state index in [2.05, 4.69) is 5.32 Å². The summed E-state index contributed by atoms with van der Waals surface area (Å²) in [7, 11) is 0. The van der Waals surface area contributed by atoms with Crippen molar-refractivity contribution >= 4 is 17.7 Å². The number of amides is 1. The average Bonchev–Trinajstić information content (AvgIpc) is 2.50. The van der Waals surface area contributed by atoms with E-state index in [0.717, 1.165) is 10.5 Å². The summed E-state index contributed by atoms with van der Waals surface area (Å²) in [4.78, 5) is 13.3. The first-order valence-electron chi connectivity index (χ1n) is 7.25. The number of rotatable bonds is 5. The van der Waals surface area contributed by atoms with Crippen molar-refractivity contribution in [3.8, 4) is 0 Å². The Labute approximate surface area is 135 Å². The predicted octanol–water partition coefficient (Wildman–Crippen LogP) is 4.49. The summed E-state index contributed by atoms with van der Waals surface area (Å²) in [5, 5.41) is 2.78. The zero-order chi connectivity index (χ0) is 16.1. The lowest BCUT2D eigenvalue weighted by Gasteiger charge is -2.18. The van der Waals surface area contributed by atoms with Gasteiger partial charge in [-0.1, -0.05) is 29.8 Å². The molecule has 0 saturated carbocycles. The normalized spacial score (nSPS) is 13.5. The standard InChI is InChI=1S/C18H20FNOS/c1-12-4-10-17(11-5-12)22-14(3)18(21)20-13(2)15-6-8-16(19)9-7-15/h4-11,13-14H,1-3H3,(H,20,21)/t13-,14-/m1/s1. The maximum atomic E-state index is 12.9. The Hall–Kier alpha value is -1.81. The maximum absolute atomic E-state index is 12.9. The first-order chi connectivity index (χ1) is 10.5. The van der Waals surface area contributed by atoms with Crippen molar-refractivity contribution in [3.63, 3.8) is 0 Å². The SMILES string of the molecule is Cc1ccc(S[C@H](C)C(=O)N[C@H](C)c2ccc(F)cc2)cc1. The Morgan fingerprint density at radius 2 is 1.64 bits per heavy atom. The van der Waals surface area contributed by atoms with Gasteiger partial charge in [0.05, 0.1) is 11.3 Å². The van der Waals surface area contributed by atoms with Gasteiger partial charge in [-0.3, -0.25) is 4.79 Å². The van der Waals surface area contributed by atoms with Crippen LogP contribution in [0.3, 0.4) is 0 Å². The van der Waals surface area contributed by atoms with E-state index in [-0.39, 0.29) is 23.0 Å². The topological polar surface area (TPSA) is 29.1 Å². The zero-order valence-electron chi connectivity index (χ0n) is 13.0. The summed E-state index contributed by atoms with van der Waals surface area (Å²) < 4.78 is 12.9. The smallest absolute Gasteiger partial charge is 0.233 e. The molecule has 0 spiro atoms. The molecule has 1 N–H and O–H groups in total. The number of hydrogen-bond acceptors (Lipinski definition) is 2. The molecular weight excluding hydrogens is 297 g/mol. The molecule has 4 heteroatoms. The van der Waals surface area contributed by atoms with Crippen molar-refractivity contribution in [2.45, 2.75) is 37.0 Å². The second kappa shape index (κ2) is 7.45. The molecule has 2 nitrogen and oxygen atoms in total. The Balaban J connectivity index is 1.93. The predicted molar refractivity (Wildman–Crippen MR) is 89.5 cm³/mol. The Kier molecular flexibility index (Phi) is 5.61. The highest BCUT2D eigenvalue weighted by Gasteiger charge is 2.17. The van der Waals surface area contributed by atoms with Gasteiger partial charge < -0.3 is 5.32 Å². The lowest BCUT2D eigenvalue weighted by Crippen LogP contribution is -2.33. The van der Waals surface area contributed by atoms with Crippen LogP contribution in [0.4, 0.5) is 4.39 Å². The molecule has 1 amide bonds. The van der Waals surface area contributed by atoms with Crippen LogP contribution in [-0.2, 0) is 4.79 Å². The lowest BCUT2D eigenvalue weighted by molar-refractivity contribution is -0.120. The third-order valence-corrected chi connectivity index (χ3v) is 4.54. The molecule has 22 heavy (non-hydrogen) atoms. The number of hydrogen-bond donors (Lipinski definition) is 1. The minimum atomic E-state index is -0.273. The van der Waals surface area contributed by atoms with E-state index in [1.165, 1.54) is 29.5 Å². The first-order valence-corrected chi connectivity index (χ1v) is 8.13. The van der Waals surface area contributed by atoms with Crippen LogP contribution >= 0.6 is 11.8 Å². The number of nitrogens with one attached hydrogen (secondary N) is 1. The van der Waals surface area contributed by atoms with E-state index in [0.29, 0.717) is 0 Å². The third-order valence-electron chi connectivity index (χ3n) is 3.43. The van der Waals surface area contributed by atoms with Gasteiger partial charge >= 0.3 is 0 Å². The van der Waals surface area contributed by atoms with E-state index in [9.17, 15) is 9.18 Å². The molecule has 0 unspecified atom stereocenters. The molecule has 2 aromatic rings. The van der Waals surface area contributed by atoms with Crippen molar-refractivity contribution < 1.29 is 9.18 Å². The number of thioether (sulfide) groups is 1. The van der Waals surface area contributed by atoms with Gasteiger partial charge in [0.2, 0.25) is 5.91 Å². The average molecular weight is 317 g/mol. The van der Waals surface area contributed by atoms with E-state index in [4.69, 9.17) is 0 Å². The van der Waals surface area contributed by atoms with Gasteiger partial charge in [-0.05, 0) is 50.6 Å². The van der Waals surface area contributed by atoms with Crippen LogP contribution in [0, 0.1) is 12.7 Å². The third kappa shape index (κ3) is 4.60. The second-order valence-corrected chi connectivity index (χ2v) is 6.77. The van der Waals surface area contributed by atoms with Gasteiger partial charge in [-0.2, -0.15) is 0 Å². The summed E-state index contributed by atoms with van der Waals surface area (Å²) in [5.74, 6) is -0.298. The molecule has 0 radical (unpaired) electrons. The first kappa shape index (κ1) is 16.6. The van der Waals surface area contributed by atoms with Gasteiger partial charge in [-0.15, -0.1) is 11.8 Å². The molecule has 0 bridgehead atoms. The van der Waals surface area contributed by atoms with Gasteiger partial charge in [0.25, 0.3) is 0 Å². The molecule has 0 aliphatic carbocycles. The van der Waals surface area contributed by atoms with Crippen LogP contribution in [0.15, 0.2) is 53.4 Å². The fraction of sp³-hybridized carbons (Fsp3) is 0.278. The molecule has 2 atom stereocenters. The van der Waals surface area contributed by atoms with Crippen molar-refractivity contribution in [3.05, 3.63) is 65.5 Å². The molecule has 2 rings (SSSR count). The molecule has 0 fully saturated rings. The lowest BCUT2D eigenvalue weighted by atomic mass is 10.1. The fourth-order valence-electron chi connectivity index (χ4n) is 2.04. The van der Waals surface area contributed by atoms with E-state index < -0.39 is 0 Å². The number of aryl methyl sites for hydroxylation is 1. The number of halogens is 1. The number of benzene rings is 2. The summed E-state index contributed by atoms with van der Waals surface area (Å²) in [6.07, 6.45) is 0. The Morgan fingerprint density at radius 3 is 2.23 bits per heavy atom. The highest BCUT2D eigenvalue weighted by atomic mass is 32.2. The molecule has 116 valence electrons. The van der Waals surface area contributed by atoms with Crippen molar-refractivity contribution in [1.29, 1.82) is 0 Å². The van der Waals surface area contributed by atoms with E-state index >= 15 is 0 Å². The van der Waals surface area contributed by atoms with Gasteiger partial charge in [-0.25, -0.2) is 4.39 Å². The summed E-state index contributed by atoms with van der Waals surface area (Å²) in [6.45, 7) is 5.82. The Bertz CT molecular complexity index is 625. The summed E-state index contributed by atoms with van der Waals surface area (Å²) in [6, 6.07) is 14.2. The van der Waals surface area contributed by atoms with E-state index in [1.807, 2.05) is 45.0 Å². The highest BCUT2D eigenvalue weighted by molar-refractivity contribution is 8.00. The quantitative estimate of drug-likeness (QED) is 0.823. The van der Waals surface area contributed by atoms with Crippen molar-refractivity contribution in [2.24, 2.45) is 0 Å². The largest absolute Gasteiger partial charge is 0.349 e. The molecule has 2 aromatic carbocycles. The van der Waals surface area contributed by atoms with Crippen LogP contribution in [0.1, 0.15) is 31.0 Å². The minimum absolute atomic E-state index is 0.0256. The van der Waals surface area contributed by atoms with Crippen LogP contribution < -0.4 is 5.32 Å². The molecule has 0 aromatic heterocycles. The zero-order valence-corrected chi connectivity index (χ0v) is 13.8. The highest BCUT2D eigenvalue weighted by Crippen LogP contribution is 2.24. The van der Waals surface area contributed by atoms with Gasteiger partial charge in [0.15, 0.2) is 0 Å². The van der Waals surface area contributed by atoms with Crippen LogP contribution in [0.5, 0.6) is 0 Å². The van der Waals surface area contributed by atoms with Crippen LogP contribution in [0.25, 0.3) is 0 Å². The van der Waals surface area contributed by atoms with E-state index in [1.54, 1.807) is 12.1 Å². The Morgan fingerprint density at radius 1 is 1.05 bits per heavy atom. The number of carbonyl (C=O) groups excluding carboxylic acids is 1. The maximum Gasteiger partial charge on any atom is 0.233 e. The summed E-state index contributed by atoms with van der Waals surface area (Å²) >= 11 is 1.53.